The summed E-state index contributed by atoms with van der Waals surface area (Å²) in [6.07, 6.45) is 5.60. The van der Waals surface area contributed by atoms with Gasteiger partial charge in [-0.2, -0.15) is 0 Å². The minimum absolute atomic E-state index is 0.0962. The van der Waals surface area contributed by atoms with Crippen molar-refractivity contribution in [2.45, 2.75) is 25.3 Å². The Hall–Kier alpha value is -1.77. The molecule has 0 aromatic heterocycles. The maximum atomic E-state index is 11.0. The molecule has 1 aliphatic heterocycles. The molecule has 0 saturated carbocycles. The van der Waals surface area contributed by atoms with Gasteiger partial charge >= 0.3 is 5.97 Å². The van der Waals surface area contributed by atoms with Crippen molar-refractivity contribution >= 4 is 17.2 Å². The molecule has 1 unspecified atom stereocenters. The molecule has 0 amide bonds. The zero-order valence-electron chi connectivity index (χ0n) is 9.60. The van der Waals surface area contributed by atoms with Crippen molar-refractivity contribution in [1.82, 2.24) is 0 Å². The standard InChI is InChI=1S/C14H15NO2/c16-14(17)9-15-12-7-3-1-5-10(12)11-6-2-4-8-13(11)15/h1,3,5-7,13H,2,4,8-9H2,(H,16,17). The van der Waals surface area contributed by atoms with Crippen LogP contribution < -0.4 is 4.90 Å². The first-order valence-electron chi connectivity index (χ1n) is 6.05. The molecular formula is C14H15NO2. The van der Waals surface area contributed by atoms with Gasteiger partial charge in [0, 0.05) is 11.3 Å². The highest BCUT2D eigenvalue weighted by molar-refractivity contribution is 5.90. The second-order valence-corrected chi connectivity index (χ2v) is 4.64. The lowest BCUT2D eigenvalue weighted by Crippen LogP contribution is -2.36. The molecule has 2 aliphatic rings. The number of fused-ring (bicyclic) bond motifs is 3. The van der Waals surface area contributed by atoms with Crippen molar-refractivity contribution in [3.05, 3.63) is 35.9 Å². The van der Waals surface area contributed by atoms with Crippen LogP contribution in [-0.2, 0) is 4.79 Å². The number of carboxylic acid groups (broad SMARTS) is 1. The molecule has 1 aromatic rings. The average molecular weight is 229 g/mol. The smallest absolute Gasteiger partial charge is 0.323 e. The molecule has 3 heteroatoms. The zero-order valence-corrected chi connectivity index (χ0v) is 9.60. The summed E-state index contributed by atoms with van der Waals surface area (Å²) in [5.41, 5.74) is 3.62. The summed E-state index contributed by atoms with van der Waals surface area (Å²) in [5, 5.41) is 9.03. The quantitative estimate of drug-likeness (QED) is 0.847. The van der Waals surface area contributed by atoms with Gasteiger partial charge in [0.1, 0.15) is 6.54 Å². The van der Waals surface area contributed by atoms with Crippen LogP contribution in [0.15, 0.2) is 30.3 Å². The molecule has 0 fully saturated rings. The van der Waals surface area contributed by atoms with Crippen LogP contribution >= 0.6 is 0 Å². The molecule has 1 atom stereocenters. The number of allylic oxidation sites excluding steroid dienone is 1. The fourth-order valence-corrected chi connectivity index (χ4v) is 2.95. The second kappa shape index (κ2) is 3.91. The number of hydrogen-bond donors (Lipinski definition) is 1. The summed E-state index contributed by atoms with van der Waals surface area (Å²) in [5.74, 6) is -0.758. The lowest BCUT2D eigenvalue weighted by atomic mass is 9.92. The Morgan fingerprint density at radius 1 is 1.41 bits per heavy atom. The highest BCUT2D eigenvalue weighted by Gasteiger charge is 2.35. The predicted molar refractivity (Wildman–Crippen MR) is 67.0 cm³/mol. The van der Waals surface area contributed by atoms with E-state index in [4.69, 9.17) is 5.11 Å². The van der Waals surface area contributed by atoms with E-state index < -0.39 is 5.97 Å². The second-order valence-electron chi connectivity index (χ2n) is 4.64. The first-order chi connectivity index (χ1) is 8.27. The maximum absolute atomic E-state index is 11.0. The van der Waals surface area contributed by atoms with Crippen molar-refractivity contribution in [3.63, 3.8) is 0 Å². The van der Waals surface area contributed by atoms with E-state index in [2.05, 4.69) is 12.1 Å². The van der Waals surface area contributed by atoms with E-state index in [0.717, 1.165) is 24.9 Å². The number of aliphatic carboxylic acids is 1. The number of hydrogen-bond acceptors (Lipinski definition) is 2. The normalized spacial score (nSPS) is 21.8. The summed E-state index contributed by atoms with van der Waals surface area (Å²) in [4.78, 5) is 13.0. The van der Waals surface area contributed by atoms with Crippen LogP contribution in [0.5, 0.6) is 0 Å². The summed E-state index contributed by atoms with van der Waals surface area (Å²) in [7, 11) is 0. The van der Waals surface area contributed by atoms with E-state index in [1.165, 1.54) is 11.1 Å². The minimum atomic E-state index is -0.758. The Morgan fingerprint density at radius 2 is 2.24 bits per heavy atom. The molecule has 88 valence electrons. The van der Waals surface area contributed by atoms with Gasteiger partial charge in [-0.3, -0.25) is 4.79 Å². The van der Waals surface area contributed by atoms with Crippen molar-refractivity contribution in [1.29, 1.82) is 0 Å². The molecule has 0 spiro atoms. The van der Waals surface area contributed by atoms with E-state index in [1.807, 2.05) is 23.1 Å². The molecule has 17 heavy (non-hydrogen) atoms. The molecule has 0 saturated heterocycles. The Kier molecular flexibility index (Phi) is 2.39. The van der Waals surface area contributed by atoms with E-state index in [1.54, 1.807) is 0 Å². The first-order valence-corrected chi connectivity index (χ1v) is 6.05. The molecule has 1 heterocycles. The van der Waals surface area contributed by atoms with Crippen LogP contribution in [0, 0.1) is 0 Å². The Bertz CT molecular complexity index is 493. The molecule has 1 N–H and O–H groups in total. The number of para-hydroxylation sites is 1. The van der Waals surface area contributed by atoms with Gasteiger partial charge in [-0.05, 0) is 30.9 Å². The highest BCUT2D eigenvalue weighted by Crippen LogP contribution is 2.43. The van der Waals surface area contributed by atoms with Crippen LogP contribution in [0.1, 0.15) is 24.8 Å². The van der Waals surface area contributed by atoms with E-state index in [0.29, 0.717) is 0 Å². The van der Waals surface area contributed by atoms with Gasteiger partial charge in [0.2, 0.25) is 0 Å². The lowest BCUT2D eigenvalue weighted by molar-refractivity contribution is -0.135. The first kappa shape index (κ1) is 10.4. The third-order valence-electron chi connectivity index (χ3n) is 3.61. The van der Waals surface area contributed by atoms with Crippen molar-refractivity contribution < 1.29 is 9.90 Å². The number of rotatable bonds is 2. The number of benzene rings is 1. The van der Waals surface area contributed by atoms with E-state index in [9.17, 15) is 4.79 Å². The Labute approximate surface area is 100 Å². The molecule has 0 bridgehead atoms. The summed E-state index contributed by atoms with van der Waals surface area (Å²) in [6.45, 7) is 0.0962. The summed E-state index contributed by atoms with van der Waals surface area (Å²) >= 11 is 0. The topological polar surface area (TPSA) is 40.5 Å². The number of carbonyl (C=O) groups is 1. The van der Waals surface area contributed by atoms with Crippen LogP contribution in [-0.4, -0.2) is 23.7 Å². The maximum Gasteiger partial charge on any atom is 0.323 e. The van der Waals surface area contributed by atoms with E-state index >= 15 is 0 Å². The largest absolute Gasteiger partial charge is 0.480 e. The average Bonchev–Trinajstić information content (AvgIpc) is 2.65. The minimum Gasteiger partial charge on any atom is -0.480 e. The fourth-order valence-electron chi connectivity index (χ4n) is 2.95. The summed E-state index contributed by atoms with van der Waals surface area (Å²) in [6, 6.07) is 8.40. The SMILES string of the molecule is O=C(O)CN1c2ccccc2C2=CCCCC21. The fraction of sp³-hybridized carbons (Fsp3) is 0.357. The van der Waals surface area contributed by atoms with Crippen molar-refractivity contribution in [2.75, 3.05) is 11.4 Å². The zero-order chi connectivity index (χ0) is 11.8. The van der Waals surface area contributed by atoms with Crippen LogP contribution in [0.4, 0.5) is 5.69 Å². The molecule has 0 radical (unpaired) electrons. The number of carboxylic acids is 1. The van der Waals surface area contributed by atoms with Crippen LogP contribution in [0.2, 0.25) is 0 Å². The van der Waals surface area contributed by atoms with Crippen LogP contribution in [0.25, 0.3) is 5.57 Å². The van der Waals surface area contributed by atoms with Gasteiger partial charge in [0.25, 0.3) is 0 Å². The van der Waals surface area contributed by atoms with E-state index in [-0.39, 0.29) is 12.6 Å². The highest BCUT2D eigenvalue weighted by atomic mass is 16.4. The third kappa shape index (κ3) is 1.62. The van der Waals surface area contributed by atoms with Gasteiger partial charge in [0.15, 0.2) is 0 Å². The molecule has 3 rings (SSSR count). The lowest BCUT2D eigenvalue weighted by Gasteiger charge is -2.28. The monoisotopic (exact) mass is 229 g/mol. The van der Waals surface area contributed by atoms with Crippen molar-refractivity contribution in [3.8, 4) is 0 Å². The van der Waals surface area contributed by atoms with Gasteiger partial charge in [-0.15, -0.1) is 0 Å². The summed E-state index contributed by atoms with van der Waals surface area (Å²) < 4.78 is 0. The Morgan fingerprint density at radius 3 is 3.06 bits per heavy atom. The Balaban J connectivity index is 2.07. The number of nitrogens with zero attached hydrogens (tertiary/aromatic N) is 1. The van der Waals surface area contributed by atoms with Gasteiger partial charge in [0.05, 0.1) is 6.04 Å². The predicted octanol–water partition coefficient (Wildman–Crippen LogP) is 2.53. The van der Waals surface area contributed by atoms with Gasteiger partial charge in [-0.25, -0.2) is 0 Å². The molecule has 1 aliphatic carbocycles. The van der Waals surface area contributed by atoms with Gasteiger partial charge < -0.3 is 10.0 Å². The molecule has 1 aromatic carbocycles. The third-order valence-corrected chi connectivity index (χ3v) is 3.61. The van der Waals surface area contributed by atoms with Crippen LogP contribution in [0.3, 0.4) is 0 Å². The van der Waals surface area contributed by atoms with Crippen molar-refractivity contribution in [2.24, 2.45) is 0 Å². The van der Waals surface area contributed by atoms with Gasteiger partial charge in [-0.1, -0.05) is 24.3 Å². The number of anilines is 1. The molecular weight excluding hydrogens is 214 g/mol. The molecule has 3 nitrogen and oxygen atoms in total.